The van der Waals surface area contributed by atoms with Gasteiger partial charge >= 0.3 is 0 Å². The van der Waals surface area contributed by atoms with Crippen LogP contribution in [-0.2, 0) is 4.79 Å². The Labute approximate surface area is 166 Å². The molecule has 0 radical (unpaired) electrons. The SMILES string of the molecule is Cc1cc(C)cc(OCCN(C)CC(=O)Nc2ccc([N+](=O)[O-])cc2Br)c1. The highest BCUT2D eigenvalue weighted by Gasteiger charge is 2.12. The first kappa shape index (κ1) is 20.9. The van der Waals surface area contributed by atoms with Gasteiger partial charge in [0.15, 0.2) is 0 Å². The number of rotatable bonds is 8. The number of carbonyl (C=O) groups excluding carboxylic acids is 1. The van der Waals surface area contributed by atoms with E-state index < -0.39 is 4.92 Å². The summed E-state index contributed by atoms with van der Waals surface area (Å²) < 4.78 is 6.21. The molecule has 0 saturated carbocycles. The van der Waals surface area contributed by atoms with Crippen LogP contribution in [-0.4, -0.2) is 42.5 Å². The van der Waals surface area contributed by atoms with Gasteiger partial charge in [-0.2, -0.15) is 0 Å². The van der Waals surface area contributed by atoms with Gasteiger partial charge in [0.2, 0.25) is 5.91 Å². The van der Waals surface area contributed by atoms with Gasteiger partial charge in [-0.15, -0.1) is 0 Å². The molecule has 0 atom stereocenters. The first-order chi connectivity index (χ1) is 12.7. The van der Waals surface area contributed by atoms with Gasteiger partial charge in [0.1, 0.15) is 12.4 Å². The third-order valence-corrected chi connectivity index (χ3v) is 4.44. The number of aryl methyl sites for hydroxylation is 2. The molecule has 0 aromatic heterocycles. The van der Waals surface area contributed by atoms with Crippen molar-refractivity contribution in [2.45, 2.75) is 13.8 Å². The van der Waals surface area contributed by atoms with E-state index in [9.17, 15) is 14.9 Å². The van der Waals surface area contributed by atoms with Gasteiger partial charge < -0.3 is 10.1 Å². The molecule has 0 unspecified atom stereocenters. The number of amides is 1. The zero-order valence-electron chi connectivity index (χ0n) is 15.5. The molecule has 8 heteroatoms. The van der Waals surface area contributed by atoms with Gasteiger partial charge in [-0.1, -0.05) is 6.07 Å². The second-order valence-electron chi connectivity index (χ2n) is 6.38. The summed E-state index contributed by atoms with van der Waals surface area (Å²) in [6.45, 7) is 5.27. The van der Waals surface area contributed by atoms with Crippen molar-refractivity contribution in [1.82, 2.24) is 4.90 Å². The van der Waals surface area contributed by atoms with Crippen LogP contribution in [0.2, 0.25) is 0 Å². The number of nitro benzene ring substituents is 1. The number of hydrogen-bond donors (Lipinski definition) is 1. The van der Waals surface area contributed by atoms with Crippen LogP contribution in [0.5, 0.6) is 5.75 Å². The van der Waals surface area contributed by atoms with Gasteiger partial charge in [0.05, 0.1) is 17.2 Å². The smallest absolute Gasteiger partial charge is 0.270 e. The quantitative estimate of drug-likeness (QED) is 0.501. The number of anilines is 1. The number of halogens is 1. The van der Waals surface area contributed by atoms with E-state index in [1.165, 1.54) is 18.2 Å². The monoisotopic (exact) mass is 435 g/mol. The number of nitrogens with one attached hydrogen (secondary N) is 1. The molecule has 1 N–H and O–H groups in total. The molecular weight excluding hydrogens is 414 g/mol. The molecule has 1 amide bonds. The molecule has 2 rings (SSSR count). The average Bonchev–Trinajstić information content (AvgIpc) is 2.55. The Kier molecular flexibility index (Phi) is 7.32. The van der Waals surface area contributed by atoms with Crippen molar-refractivity contribution in [3.63, 3.8) is 0 Å². The predicted octanol–water partition coefficient (Wildman–Crippen LogP) is 3.92. The summed E-state index contributed by atoms with van der Waals surface area (Å²) in [6.07, 6.45) is 0. The summed E-state index contributed by atoms with van der Waals surface area (Å²) in [4.78, 5) is 24.3. The van der Waals surface area contributed by atoms with Gasteiger partial charge in [0, 0.05) is 23.2 Å². The van der Waals surface area contributed by atoms with Crippen molar-refractivity contribution >= 4 is 33.2 Å². The van der Waals surface area contributed by atoms with Gasteiger partial charge in [-0.05, 0) is 66.2 Å². The molecule has 144 valence electrons. The Morgan fingerprint density at radius 1 is 1.22 bits per heavy atom. The first-order valence-electron chi connectivity index (χ1n) is 8.38. The molecule has 0 spiro atoms. The molecule has 0 saturated heterocycles. The second kappa shape index (κ2) is 9.48. The van der Waals surface area contributed by atoms with Crippen LogP contribution < -0.4 is 10.1 Å². The molecule has 0 heterocycles. The Bertz CT molecular complexity index is 821. The van der Waals surface area contributed by atoms with Crippen LogP contribution in [0, 0.1) is 24.0 Å². The third kappa shape index (κ3) is 6.65. The molecule has 27 heavy (non-hydrogen) atoms. The molecule has 0 aliphatic carbocycles. The van der Waals surface area contributed by atoms with Crippen LogP contribution >= 0.6 is 15.9 Å². The maximum atomic E-state index is 12.2. The lowest BCUT2D eigenvalue weighted by atomic mass is 10.1. The van der Waals surface area contributed by atoms with E-state index >= 15 is 0 Å². The summed E-state index contributed by atoms with van der Waals surface area (Å²) in [6, 6.07) is 10.2. The van der Waals surface area contributed by atoms with Crippen LogP contribution in [0.3, 0.4) is 0 Å². The predicted molar refractivity (Wildman–Crippen MR) is 108 cm³/mol. The van der Waals surface area contributed by atoms with Crippen molar-refractivity contribution in [2.24, 2.45) is 0 Å². The summed E-state index contributed by atoms with van der Waals surface area (Å²) in [5.74, 6) is 0.610. The third-order valence-electron chi connectivity index (χ3n) is 3.79. The number of nitro groups is 1. The number of hydrogen-bond acceptors (Lipinski definition) is 5. The Balaban J connectivity index is 1.80. The fourth-order valence-corrected chi connectivity index (χ4v) is 3.03. The van der Waals surface area contributed by atoms with Crippen molar-refractivity contribution in [3.8, 4) is 5.75 Å². The van der Waals surface area contributed by atoms with E-state index in [1.807, 2.05) is 37.9 Å². The van der Waals surface area contributed by atoms with Gasteiger partial charge in [-0.25, -0.2) is 0 Å². The van der Waals surface area contributed by atoms with E-state index in [2.05, 4.69) is 27.3 Å². The molecule has 0 aliphatic heterocycles. The Morgan fingerprint density at radius 3 is 2.48 bits per heavy atom. The number of ether oxygens (including phenoxy) is 1. The zero-order chi connectivity index (χ0) is 20.0. The summed E-state index contributed by atoms with van der Waals surface area (Å²) in [5, 5.41) is 13.5. The normalized spacial score (nSPS) is 10.7. The lowest BCUT2D eigenvalue weighted by Crippen LogP contribution is -2.33. The minimum absolute atomic E-state index is 0.0412. The summed E-state index contributed by atoms with van der Waals surface area (Å²) in [7, 11) is 1.83. The average molecular weight is 436 g/mol. The maximum Gasteiger partial charge on any atom is 0.270 e. The minimum atomic E-state index is -0.486. The minimum Gasteiger partial charge on any atom is -0.492 e. The fourth-order valence-electron chi connectivity index (χ4n) is 2.57. The van der Waals surface area contributed by atoms with Crippen LogP contribution in [0.15, 0.2) is 40.9 Å². The lowest BCUT2D eigenvalue weighted by molar-refractivity contribution is -0.384. The van der Waals surface area contributed by atoms with Crippen LogP contribution in [0.25, 0.3) is 0 Å². The molecule has 0 fully saturated rings. The van der Waals surface area contributed by atoms with E-state index in [0.29, 0.717) is 23.3 Å². The van der Waals surface area contributed by atoms with Crippen LogP contribution in [0.4, 0.5) is 11.4 Å². The van der Waals surface area contributed by atoms with Crippen molar-refractivity contribution in [3.05, 3.63) is 62.1 Å². The molecule has 7 nitrogen and oxygen atoms in total. The van der Waals surface area contributed by atoms with Crippen molar-refractivity contribution in [1.29, 1.82) is 0 Å². The molecule has 2 aromatic rings. The molecule has 2 aromatic carbocycles. The van der Waals surface area contributed by atoms with E-state index in [4.69, 9.17) is 4.74 Å². The van der Waals surface area contributed by atoms with E-state index in [1.54, 1.807) is 0 Å². The summed E-state index contributed by atoms with van der Waals surface area (Å²) >= 11 is 3.24. The number of carbonyl (C=O) groups is 1. The number of likely N-dealkylation sites (N-methyl/N-ethyl adjacent to an activating group) is 1. The second-order valence-corrected chi connectivity index (χ2v) is 7.23. The lowest BCUT2D eigenvalue weighted by Gasteiger charge is -2.17. The fraction of sp³-hybridized carbons (Fsp3) is 0.316. The molecule has 0 aliphatic rings. The number of non-ortho nitro benzene ring substituents is 1. The zero-order valence-corrected chi connectivity index (χ0v) is 17.1. The summed E-state index contributed by atoms with van der Waals surface area (Å²) in [5.41, 5.74) is 2.74. The largest absolute Gasteiger partial charge is 0.492 e. The molecular formula is C19H22BrN3O4. The van der Waals surface area contributed by atoms with Gasteiger partial charge in [0.25, 0.3) is 5.69 Å². The Morgan fingerprint density at radius 2 is 1.89 bits per heavy atom. The number of benzene rings is 2. The Hall–Kier alpha value is -2.45. The highest BCUT2D eigenvalue weighted by atomic mass is 79.9. The van der Waals surface area contributed by atoms with E-state index in [0.717, 1.165) is 16.9 Å². The van der Waals surface area contributed by atoms with Crippen molar-refractivity contribution in [2.75, 3.05) is 32.1 Å². The van der Waals surface area contributed by atoms with Crippen LogP contribution in [0.1, 0.15) is 11.1 Å². The highest BCUT2D eigenvalue weighted by molar-refractivity contribution is 9.10. The standard InChI is InChI=1S/C19H22BrN3O4/c1-13-8-14(2)10-16(9-13)27-7-6-22(3)12-19(24)21-18-5-4-15(23(25)26)11-17(18)20/h4-5,8-11H,6-7,12H2,1-3H3,(H,21,24). The van der Waals surface area contributed by atoms with Gasteiger partial charge in [-0.3, -0.25) is 19.8 Å². The first-order valence-corrected chi connectivity index (χ1v) is 9.17. The van der Waals surface area contributed by atoms with E-state index in [-0.39, 0.29) is 18.1 Å². The number of nitrogens with zero attached hydrogens (tertiary/aromatic N) is 2. The molecule has 0 bridgehead atoms. The topological polar surface area (TPSA) is 84.7 Å². The van der Waals surface area contributed by atoms with Crippen molar-refractivity contribution < 1.29 is 14.5 Å². The highest BCUT2D eigenvalue weighted by Crippen LogP contribution is 2.27. The maximum absolute atomic E-state index is 12.2.